The zero-order chi connectivity index (χ0) is 39.6. The van der Waals surface area contributed by atoms with Crippen LogP contribution >= 0.6 is 11.8 Å². The molecule has 0 saturated carbocycles. The highest BCUT2D eigenvalue weighted by atomic mass is 32.2. The van der Waals surface area contributed by atoms with Gasteiger partial charge >= 0.3 is 0 Å². The Morgan fingerprint density at radius 3 is 1.62 bits per heavy atom. The Morgan fingerprint density at radius 1 is 0.333 bits per heavy atom. The van der Waals surface area contributed by atoms with Crippen molar-refractivity contribution in [3.05, 3.63) is 229 Å². The second kappa shape index (κ2) is 13.8. The highest BCUT2D eigenvalue weighted by Gasteiger charge is 2.50. The smallest absolute Gasteiger partial charge is 0.164 e. The lowest BCUT2D eigenvalue weighted by molar-refractivity contribution is 0.723. The molecule has 5 heteroatoms. The van der Waals surface area contributed by atoms with Gasteiger partial charge in [0.15, 0.2) is 17.5 Å². The molecule has 0 atom stereocenters. The van der Waals surface area contributed by atoms with Gasteiger partial charge < -0.3 is 0 Å². The predicted octanol–water partition coefficient (Wildman–Crippen LogP) is 13.6. The van der Waals surface area contributed by atoms with Gasteiger partial charge in [-0.1, -0.05) is 182 Å². The summed E-state index contributed by atoms with van der Waals surface area (Å²) in [5.74, 6) is 1.88. The fourth-order valence-corrected chi connectivity index (χ4v) is 10.5. The van der Waals surface area contributed by atoms with E-state index >= 15 is 0 Å². The van der Waals surface area contributed by atoms with Crippen molar-refractivity contribution in [3.8, 4) is 67.5 Å². The van der Waals surface area contributed by atoms with Gasteiger partial charge in [-0.25, -0.2) is 15.0 Å². The topological polar surface area (TPSA) is 51.6 Å². The molecule has 60 heavy (non-hydrogen) atoms. The van der Waals surface area contributed by atoms with Crippen molar-refractivity contribution in [1.29, 1.82) is 0 Å². The molecular weight excluding hydrogens is 749 g/mol. The molecule has 12 rings (SSSR count). The Bertz CT molecular complexity index is 3250. The molecule has 0 bridgehead atoms. The van der Waals surface area contributed by atoms with Crippen LogP contribution in [0, 0.1) is 0 Å². The number of aromatic nitrogens is 4. The van der Waals surface area contributed by atoms with E-state index in [0.29, 0.717) is 17.5 Å². The molecule has 2 aliphatic rings. The zero-order valence-electron chi connectivity index (χ0n) is 32.3. The summed E-state index contributed by atoms with van der Waals surface area (Å²) in [6, 6.07) is 71.5. The van der Waals surface area contributed by atoms with E-state index in [4.69, 9.17) is 19.9 Å². The van der Waals surface area contributed by atoms with Gasteiger partial charge in [0.05, 0.1) is 10.9 Å². The van der Waals surface area contributed by atoms with E-state index in [1.165, 1.54) is 43.2 Å². The third-order valence-electron chi connectivity index (χ3n) is 12.1. The van der Waals surface area contributed by atoms with Crippen LogP contribution in [0.1, 0.15) is 22.3 Å². The summed E-state index contributed by atoms with van der Waals surface area (Å²) in [5.41, 5.74) is 15.7. The first kappa shape index (κ1) is 34.6. The molecule has 1 aliphatic carbocycles. The van der Waals surface area contributed by atoms with Crippen LogP contribution < -0.4 is 0 Å². The molecule has 1 aliphatic heterocycles. The minimum atomic E-state index is -0.439. The lowest BCUT2D eigenvalue weighted by Crippen LogP contribution is -2.32. The SMILES string of the molecule is c1ccc(-c2nc(-c3ccc(-c4cccc5cccnc45)cc3)nc(-c3cccc(-c4ccc5c(c4)C4(c6ccccc6S5)c5ccccc5-c5ccccc54)c3)n2)cc1. The predicted molar refractivity (Wildman–Crippen MR) is 244 cm³/mol. The summed E-state index contributed by atoms with van der Waals surface area (Å²) in [6.45, 7) is 0. The second-order valence-corrected chi connectivity index (χ2v) is 16.4. The Labute approximate surface area is 352 Å². The molecule has 1 spiro atoms. The summed E-state index contributed by atoms with van der Waals surface area (Å²) in [7, 11) is 0. The number of rotatable bonds is 5. The van der Waals surface area contributed by atoms with Crippen molar-refractivity contribution in [2.75, 3.05) is 0 Å². The molecule has 0 radical (unpaired) electrons. The van der Waals surface area contributed by atoms with E-state index in [-0.39, 0.29) is 0 Å². The summed E-state index contributed by atoms with van der Waals surface area (Å²) in [5, 5.41) is 1.12. The maximum Gasteiger partial charge on any atom is 0.164 e. The number of benzene rings is 8. The second-order valence-electron chi connectivity index (χ2n) is 15.4. The van der Waals surface area contributed by atoms with Gasteiger partial charge in [0, 0.05) is 43.6 Å². The monoisotopic (exact) mass is 782 g/mol. The average Bonchev–Trinajstić information content (AvgIpc) is 3.62. The van der Waals surface area contributed by atoms with Crippen LogP contribution in [0.2, 0.25) is 0 Å². The van der Waals surface area contributed by atoms with E-state index < -0.39 is 5.41 Å². The number of hydrogen-bond acceptors (Lipinski definition) is 5. The van der Waals surface area contributed by atoms with Crippen LogP contribution in [0.4, 0.5) is 0 Å². The maximum atomic E-state index is 5.15. The summed E-state index contributed by atoms with van der Waals surface area (Å²) < 4.78 is 0. The number of nitrogens with zero attached hydrogens (tertiary/aromatic N) is 4. The van der Waals surface area contributed by atoms with Crippen molar-refractivity contribution in [1.82, 2.24) is 19.9 Å². The zero-order valence-corrected chi connectivity index (χ0v) is 33.1. The standard InChI is InChI=1S/C55H34N4S/c1-2-13-37(14-3-1)52-57-53(38-28-26-35(27-29-38)42-21-11-15-36-18-12-32-56-51(36)42)59-54(58-52)41-17-10-16-39(33-41)40-30-31-50-48(34-40)55(47-24-8-9-25-49(47)60-50)45-22-6-4-19-43(45)44-20-5-7-23-46(44)55/h1-34H. The van der Waals surface area contributed by atoms with Crippen molar-refractivity contribution < 1.29 is 0 Å². The van der Waals surface area contributed by atoms with Crippen LogP contribution in [0.3, 0.4) is 0 Å². The van der Waals surface area contributed by atoms with Crippen LogP contribution in [0.25, 0.3) is 78.4 Å². The molecular formula is C55H34N4S. The van der Waals surface area contributed by atoms with E-state index in [1.807, 2.05) is 54.4 Å². The Hall–Kier alpha value is -7.47. The van der Waals surface area contributed by atoms with Gasteiger partial charge in [-0.15, -0.1) is 0 Å². The van der Waals surface area contributed by atoms with Crippen molar-refractivity contribution in [2.45, 2.75) is 15.2 Å². The minimum Gasteiger partial charge on any atom is -0.256 e. The van der Waals surface area contributed by atoms with Gasteiger partial charge in [0.25, 0.3) is 0 Å². The number of fused-ring (bicyclic) bond motifs is 10. The van der Waals surface area contributed by atoms with Crippen LogP contribution in [0.5, 0.6) is 0 Å². The molecule has 10 aromatic rings. The van der Waals surface area contributed by atoms with Gasteiger partial charge in [0.1, 0.15) is 0 Å². The lowest BCUT2D eigenvalue weighted by Gasteiger charge is -2.40. The molecule has 0 unspecified atom stereocenters. The molecule has 4 nitrogen and oxygen atoms in total. The molecule has 0 N–H and O–H groups in total. The highest BCUT2D eigenvalue weighted by molar-refractivity contribution is 7.99. The summed E-state index contributed by atoms with van der Waals surface area (Å²) in [4.78, 5) is 22.6. The molecule has 8 aromatic carbocycles. The first-order valence-electron chi connectivity index (χ1n) is 20.2. The third-order valence-corrected chi connectivity index (χ3v) is 13.2. The van der Waals surface area contributed by atoms with Crippen molar-refractivity contribution in [3.63, 3.8) is 0 Å². The molecule has 0 saturated heterocycles. The molecule has 280 valence electrons. The fourth-order valence-electron chi connectivity index (χ4n) is 9.36. The summed E-state index contributed by atoms with van der Waals surface area (Å²) >= 11 is 1.87. The van der Waals surface area contributed by atoms with E-state index in [1.54, 1.807) is 0 Å². The molecule has 0 fully saturated rings. The Morgan fingerprint density at radius 2 is 0.850 bits per heavy atom. The average molecular weight is 783 g/mol. The molecule has 0 amide bonds. The van der Waals surface area contributed by atoms with Gasteiger partial charge in [0.2, 0.25) is 0 Å². The lowest BCUT2D eigenvalue weighted by atomic mass is 9.67. The van der Waals surface area contributed by atoms with Gasteiger partial charge in [-0.05, 0) is 80.4 Å². The first-order chi connectivity index (χ1) is 29.7. The maximum absolute atomic E-state index is 5.15. The van der Waals surface area contributed by atoms with Crippen LogP contribution in [0.15, 0.2) is 216 Å². The van der Waals surface area contributed by atoms with E-state index in [0.717, 1.165) is 49.8 Å². The van der Waals surface area contributed by atoms with Crippen LogP contribution in [-0.4, -0.2) is 19.9 Å². The quantitative estimate of drug-likeness (QED) is 0.174. The highest BCUT2D eigenvalue weighted by Crippen LogP contribution is 2.62. The van der Waals surface area contributed by atoms with Gasteiger partial charge in [-0.3, -0.25) is 4.98 Å². The van der Waals surface area contributed by atoms with E-state index in [2.05, 4.69) is 164 Å². The third kappa shape index (κ3) is 5.40. The first-order valence-corrected chi connectivity index (χ1v) is 21.0. The normalized spacial score (nSPS) is 13.1. The van der Waals surface area contributed by atoms with E-state index in [9.17, 15) is 0 Å². The summed E-state index contributed by atoms with van der Waals surface area (Å²) in [6.07, 6.45) is 1.85. The Kier molecular flexibility index (Phi) is 7.97. The number of pyridine rings is 1. The fraction of sp³-hybridized carbons (Fsp3) is 0.0182. The largest absolute Gasteiger partial charge is 0.256 e. The number of para-hydroxylation sites is 1. The van der Waals surface area contributed by atoms with Crippen molar-refractivity contribution in [2.24, 2.45) is 0 Å². The van der Waals surface area contributed by atoms with Crippen LogP contribution in [-0.2, 0) is 5.41 Å². The van der Waals surface area contributed by atoms with Crippen molar-refractivity contribution >= 4 is 22.7 Å². The molecule has 3 heterocycles. The number of hydrogen-bond donors (Lipinski definition) is 0. The minimum absolute atomic E-state index is 0.439. The molecule has 2 aromatic heterocycles. The Balaban J connectivity index is 0.981. The van der Waals surface area contributed by atoms with Gasteiger partial charge in [-0.2, -0.15) is 0 Å².